The molecule has 2 fully saturated rings. The lowest BCUT2D eigenvalue weighted by Gasteiger charge is -2.26. The van der Waals surface area contributed by atoms with Crippen LogP contribution in [-0.2, 0) is 6.54 Å². The Morgan fingerprint density at radius 2 is 2.00 bits per heavy atom. The highest BCUT2D eigenvalue weighted by molar-refractivity contribution is 5.25. The van der Waals surface area contributed by atoms with Gasteiger partial charge in [0.25, 0.3) is 0 Å². The SMILES string of the molecule is Cc1ccccc1CN(CC1CC1)CC1CCCN1. The zero-order valence-corrected chi connectivity index (χ0v) is 12.1. The Bertz CT molecular complexity index is 405. The summed E-state index contributed by atoms with van der Waals surface area (Å²) in [7, 11) is 0. The van der Waals surface area contributed by atoms with E-state index < -0.39 is 0 Å². The molecule has 1 heterocycles. The number of rotatable bonds is 6. The minimum absolute atomic E-state index is 0.725. The van der Waals surface area contributed by atoms with E-state index >= 15 is 0 Å². The van der Waals surface area contributed by atoms with Gasteiger partial charge in [-0.15, -0.1) is 0 Å². The summed E-state index contributed by atoms with van der Waals surface area (Å²) in [6, 6.07) is 9.56. The van der Waals surface area contributed by atoms with Crippen molar-refractivity contribution in [3.05, 3.63) is 35.4 Å². The minimum atomic E-state index is 0.725. The van der Waals surface area contributed by atoms with Gasteiger partial charge in [-0.1, -0.05) is 24.3 Å². The first-order valence-electron chi connectivity index (χ1n) is 7.81. The van der Waals surface area contributed by atoms with Crippen molar-refractivity contribution in [2.45, 2.75) is 45.2 Å². The highest BCUT2D eigenvalue weighted by atomic mass is 15.2. The van der Waals surface area contributed by atoms with Crippen molar-refractivity contribution in [1.82, 2.24) is 10.2 Å². The molecule has 1 aliphatic carbocycles. The third-order valence-electron chi connectivity index (χ3n) is 4.51. The van der Waals surface area contributed by atoms with Gasteiger partial charge in [0.2, 0.25) is 0 Å². The number of benzene rings is 1. The summed E-state index contributed by atoms with van der Waals surface area (Å²) >= 11 is 0. The van der Waals surface area contributed by atoms with Crippen LogP contribution in [0.25, 0.3) is 0 Å². The topological polar surface area (TPSA) is 15.3 Å². The Hall–Kier alpha value is -0.860. The van der Waals surface area contributed by atoms with E-state index in [1.54, 1.807) is 0 Å². The molecule has 104 valence electrons. The minimum Gasteiger partial charge on any atom is -0.313 e. The summed E-state index contributed by atoms with van der Waals surface area (Å²) < 4.78 is 0. The van der Waals surface area contributed by atoms with E-state index in [1.807, 2.05) is 0 Å². The molecule has 1 aromatic carbocycles. The Morgan fingerprint density at radius 1 is 1.16 bits per heavy atom. The molecule has 0 bridgehead atoms. The van der Waals surface area contributed by atoms with E-state index in [2.05, 4.69) is 41.4 Å². The quantitative estimate of drug-likeness (QED) is 0.844. The molecule has 0 radical (unpaired) electrons. The molecule has 19 heavy (non-hydrogen) atoms. The van der Waals surface area contributed by atoms with Gasteiger partial charge in [-0.3, -0.25) is 4.90 Å². The average Bonchev–Trinajstić information content (AvgIpc) is 3.06. The molecule has 1 aromatic rings. The lowest BCUT2D eigenvalue weighted by molar-refractivity contribution is 0.231. The van der Waals surface area contributed by atoms with Gasteiger partial charge in [0.15, 0.2) is 0 Å². The smallest absolute Gasteiger partial charge is 0.0237 e. The number of hydrogen-bond acceptors (Lipinski definition) is 2. The maximum Gasteiger partial charge on any atom is 0.0237 e. The molecule has 2 aliphatic rings. The normalized spacial score (nSPS) is 23.2. The molecule has 0 amide bonds. The molecule has 1 saturated heterocycles. The molecule has 2 heteroatoms. The molecule has 1 atom stereocenters. The highest BCUT2D eigenvalue weighted by Gasteiger charge is 2.26. The Kier molecular flexibility index (Phi) is 4.19. The van der Waals surface area contributed by atoms with Crippen LogP contribution in [0.4, 0.5) is 0 Å². The van der Waals surface area contributed by atoms with E-state index in [0.717, 1.165) is 18.5 Å². The van der Waals surface area contributed by atoms with Crippen LogP contribution in [0, 0.1) is 12.8 Å². The van der Waals surface area contributed by atoms with Gasteiger partial charge in [-0.05, 0) is 56.2 Å². The Labute approximate surface area is 117 Å². The van der Waals surface area contributed by atoms with Crippen molar-refractivity contribution in [3.63, 3.8) is 0 Å². The van der Waals surface area contributed by atoms with Gasteiger partial charge in [0.1, 0.15) is 0 Å². The van der Waals surface area contributed by atoms with Crippen LogP contribution in [0.1, 0.15) is 36.8 Å². The summed E-state index contributed by atoms with van der Waals surface area (Å²) in [5, 5.41) is 3.64. The fourth-order valence-corrected chi connectivity index (χ4v) is 3.12. The zero-order valence-electron chi connectivity index (χ0n) is 12.1. The molecule has 3 rings (SSSR count). The van der Waals surface area contributed by atoms with Crippen LogP contribution in [0.15, 0.2) is 24.3 Å². The summed E-state index contributed by atoms with van der Waals surface area (Å²) in [6.07, 6.45) is 5.60. The predicted octanol–water partition coefficient (Wildman–Crippen LogP) is 2.96. The van der Waals surface area contributed by atoms with Crippen molar-refractivity contribution in [2.75, 3.05) is 19.6 Å². The van der Waals surface area contributed by atoms with Gasteiger partial charge in [0.05, 0.1) is 0 Å². The second-order valence-electron chi connectivity index (χ2n) is 6.36. The van der Waals surface area contributed by atoms with Crippen molar-refractivity contribution < 1.29 is 0 Å². The van der Waals surface area contributed by atoms with E-state index in [1.165, 1.54) is 56.4 Å². The van der Waals surface area contributed by atoms with Gasteiger partial charge in [-0.2, -0.15) is 0 Å². The van der Waals surface area contributed by atoms with Crippen molar-refractivity contribution in [3.8, 4) is 0 Å². The first-order valence-corrected chi connectivity index (χ1v) is 7.81. The maximum atomic E-state index is 3.64. The second kappa shape index (κ2) is 6.06. The van der Waals surface area contributed by atoms with Crippen LogP contribution in [-0.4, -0.2) is 30.6 Å². The lowest BCUT2D eigenvalue weighted by Crippen LogP contribution is -2.38. The highest BCUT2D eigenvalue weighted by Crippen LogP contribution is 2.30. The van der Waals surface area contributed by atoms with Gasteiger partial charge < -0.3 is 5.32 Å². The zero-order chi connectivity index (χ0) is 13.1. The van der Waals surface area contributed by atoms with Crippen LogP contribution < -0.4 is 5.32 Å². The Morgan fingerprint density at radius 3 is 2.68 bits per heavy atom. The summed E-state index contributed by atoms with van der Waals surface area (Å²) in [4.78, 5) is 2.68. The van der Waals surface area contributed by atoms with Crippen LogP contribution >= 0.6 is 0 Å². The van der Waals surface area contributed by atoms with Crippen LogP contribution in [0.5, 0.6) is 0 Å². The third-order valence-corrected chi connectivity index (χ3v) is 4.51. The van der Waals surface area contributed by atoms with Crippen molar-refractivity contribution in [1.29, 1.82) is 0 Å². The first kappa shape index (κ1) is 13.1. The van der Waals surface area contributed by atoms with E-state index in [0.29, 0.717) is 0 Å². The largest absolute Gasteiger partial charge is 0.313 e. The number of nitrogens with zero attached hydrogens (tertiary/aromatic N) is 1. The molecule has 1 unspecified atom stereocenters. The molecular formula is C17H26N2. The maximum absolute atomic E-state index is 3.64. The summed E-state index contributed by atoms with van der Waals surface area (Å²) in [5.74, 6) is 0.977. The number of nitrogens with one attached hydrogen (secondary N) is 1. The van der Waals surface area contributed by atoms with Gasteiger partial charge in [-0.25, -0.2) is 0 Å². The van der Waals surface area contributed by atoms with Crippen LogP contribution in [0.2, 0.25) is 0 Å². The number of hydrogen-bond donors (Lipinski definition) is 1. The number of aryl methyl sites for hydroxylation is 1. The standard InChI is InChI=1S/C17H26N2/c1-14-5-2-3-6-16(14)12-19(11-15-8-9-15)13-17-7-4-10-18-17/h2-3,5-6,15,17-18H,4,7-13H2,1H3. The summed E-state index contributed by atoms with van der Waals surface area (Å²) in [6.45, 7) is 7.10. The molecular weight excluding hydrogens is 232 g/mol. The molecule has 1 saturated carbocycles. The van der Waals surface area contributed by atoms with Crippen LogP contribution in [0.3, 0.4) is 0 Å². The Balaban J connectivity index is 1.62. The predicted molar refractivity (Wildman–Crippen MR) is 80.2 cm³/mol. The molecule has 1 N–H and O–H groups in total. The monoisotopic (exact) mass is 258 g/mol. The van der Waals surface area contributed by atoms with Gasteiger partial charge >= 0.3 is 0 Å². The molecule has 0 spiro atoms. The van der Waals surface area contributed by atoms with E-state index in [-0.39, 0.29) is 0 Å². The first-order chi connectivity index (χ1) is 9.31. The summed E-state index contributed by atoms with van der Waals surface area (Å²) in [5.41, 5.74) is 2.93. The fraction of sp³-hybridized carbons (Fsp3) is 0.647. The molecule has 0 aromatic heterocycles. The molecule has 1 aliphatic heterocycles. The molecule has 2 nitrogen and oxygen atoms in total. The van der Waals surface area contributed by atoms with Crippen molar-refractivity contribution >= 4 is 0 Å². The van der Waals surface area contributed by atoms with E-state index in [4.69, 9.17) is 0 Å². The lowest BCUT2D eigenvalue weighted by atomic mass is 10.1. The fourth-order valence-electron chi connectivity index (χ4n) is 3.12. The van der Waals surface area contributed by atoms with Crippen molar-refractivity contribution in [2.24, 2.45) is 5.92 Å². The third kappa shape index (κ3) is 3.80. The second-order valence-corrected chi connectivity index (χ2v) is 6.36. The van der Waals surface area contributed by atoms with Gasteiger partial charge in [0, 0.05) is 25.7 Å². The average molecular weight is 258 g/mol. The van der Waals surface area contributed by atoms with E-state index in [9.17, 15) is 0 Å².